The maximum absolute atomic E-state index is 13.4. The van der Waals surface area contributed by atoms with Crippen molar-refractivity contribution in [3.8, 4) is 0 Å². The molecule has 1 aromatic rings. The predicted octanol–water partition coefficient (Wildman–Crippen LogP) is 3.09. The van der Waals surface area contributed by atoms with Crippen molar-refractivity contribution < 1.29 is 27.1 Å². The van der Waals surface area contributed by atoms with Crippen LogP contribution >= 0.6 is 0 Å². The number of nitrogens with one attached hydrogen (secondary N) is 1. The van der Waals surface area contributed by atoms with Gasteiger partial charge in [0.15, 0.2) is 0 Å². The number of nitrogens with two attached hydrogens (primary N) is 1. The van der Waals surface area contributed by atoms with Crippen molar-refractivity contribution in [1.82, 2.24) is 0 Å². The average molecular weight is 308 g/mol. The van der Waals surface area contributed by atoms with Crippen LogP contribution in [0.4, 0.5) is 28.9 Å². The van der Waals surface area contributed by atoms with Crippen LogP contribution in [0.3, 0.4) is 0 Å². The number of rotatable bonds is 6. The van der Waals surface area contributed by atoms with Crippen molar-refractivity contribution in [2.45, 2.75) is 32.0 Å². The second-order valence-electron chi connectivity index (χ2n) is 4.46. The van der Waals surface area contributed by atoms with Crippen LogP contribution in [0, 0.1) is 5.82 Å². The molecule has 0 fully saturated rings. The minimum Gasteiger partial charge on any atom is -0.399 e. The van der Waals surface area contributed by atoms with Gasteiger partial charge in [0, 0.05) is 18.7 Å². The van der Waals surface area contributed by atoms with Gasteiger partial charge >= 0.3 is 6.18 Å². The maximum atomic E-state index is 13.4. The molecule has 0 heterocycles. The average Bonchev–Trinajstić information content (AvgIpc) is 2.37. The number of amides is 1. The van der Waals surface area contributed by atoms with E-state index in [0.717, 1.165) is 6.07 Å². The number of alkyl halides is 3. The standard InChI is InChI=1S/C13H16F4N2O2/c1-8(21-6-2-5-13(15,16)17)12(20)19-11-7-9(18)3-4-10(11)14/h3-4,7-8H,2,5-6,18H2,1H3,(H,19,20). The minimum absolute atomic E-state index is 0.106. The van der Waals surface area contributed by atoms with Gasteiger partial charge in [-0.1, -0.05) is 0 Å². The number of ether oxygens (including phenoxy) is 1. The largest absolute Gasteiger partial charge is 0.399 e. The first-order valence-electron chi connectivity index (χ1n) is 6.23. The van der Waals surface area contributed by atoms with E-state index in [9.17, 15) is 22.4 Å². The molecule has 21 heavy (non-hydrogen) atoms. The summed E-state index contributed by atoms with van der Waals surface area (Å²) in [4.78, 5) is 11.7. The third-order valence-corrected chi connectivity index (χ3v) is 2.59. The first kappa shape index (κ1) is 17.2. The monoisotopic (exact) mass is 308 g/mol. The van der Waals surface area contributed by atoms with Crippen molar-refractivity contribution >= 4 is 17.3 Å². The van der Waals surface area contributed by atoms with Crippen LogP contribution in [-0.2, 0) is 9.53 Å². The van der Waals surface area contributed by atoms with Crippen LogP contribution in [-0.4, -0.2) is 24.8 Å². The van der Waals surface area contributed by atoms with Gasteiger partial charge in [-0.2, -0.15) is 13.2 Å². The molecule has 0 aromatic heterocycles. The highest BCUT2D eigenvalue weighted by molar-refractivity contribution is 5.94. The Hall–Kier alpha value is -1.83. The number of nitrogen functional groups attached to an aromatic ring is 1. The lowest BCUT2D eigenvalue weighted by molar-refractivity contribution is -0.140. The fourth-order valence-electron chi connectivity index (χ4n) is 1.48. The molecule has 8 heteroatoms. The van der Waals surface area contributed by atoms with E-state index in [1.165, 1.54) is 19.1 Å². The summed E-state index contributed by atoms with van der Waals surface area (Å²) in [5, 5.41) is 2.27. The van der Waals surface area contributed by atoms with Crippen LogP contribution < -0.4 is 11.1 Å². The lowest BCUT2D eigenvalue weighted by Crippen LogP contribution is -2.28. The predicted molar refractivity (Wildman–Crippen MR) is 70.1 cm³/mol. The van der Waals surface area contributed by atoms with Gasteiger partial charge in [0.1, 0.15) is 11.9 Å². The minimum atomic E-state index is -4.25. The summed E-state index contributed by atoms with van der Waals surface area (Å²) in [6, 6.07) is 3.67. The second-order valence-corrected chi connectivity index (χ2v) is 4.46. The zero-order valence-corrected chi connectivity index (χ0v) is 11.3. The number of anilines is 2. The highest BCUT2D eigenvalue weighted by Crippen LogP contribution is 2.21. The molecule has 0 radical (unpaired) electrons. The van der Waals surface area contributed by atoms with E-state index < -0.39 is 30.4 Å². The SMILES string of the molecule is CC(OCCCC(F)(F)F)C(=O)Nc1cc(N)ccc1F. The molecule has 0 aliphatic heterocycles. The number of hydrogen-bond donors (Lipinski definition) is 2. The fourth-order valence-corrected chi connectivity index (χ4v) is 1.48. The molecule has 1 amide bonds. The van der Waals surface area contributed by atoms with E-state index in [0.29, 0.717) is 0 Å². The molecule has 3 N–H and O–H groups in total. The molecule has 0 aliphatic rings. The Morgan fingerprint density at radius 2 is 2.10 bits per heavy atom. The van der Waals surface area contributed by atoms with Crippen LogP contribution in [0.1, 0.15) is 19.8 Å². The molecule has 0 spiro atoms. The number of halogens is 4. The van der Waals surface area contributed by atoms with E-state index >= 15 is 0 Å². The fraction of sp³-hybridized carbons (Fsp3) is 0.462. The van der Waals surface area contributed by atoms with Gasteiger partial charge < -0.3 is 15.8 Å². The molecule has 0 bridgehead atoms. The number of carbonyl (C=O) groups excluding carboxylic acids is 1. The Balaban J connectivity index is 2.42. The van der Waals surface area contributed by atoms with Crippen LogP contribution in [0.25, 0.3) is 0 Å². The first-order chi connectivity index (χ1) is 9.69. The second kappa shape index (κ2) is 7.26. The summed E-state index contributed by atoms with van der Waals surface area (Å²) in [6.07, 6.45) is -6.47. The molecular weight excluding hydrogens is 292 g/mol. The molecule has 0 saturated carbocycles. The number of benzene rings is 1. The summed E-state index contributed by atoms with van der Waals surface area (Å²) in [5.74, 6) is -1.33. The van der Waals surface area contributed by atoms with E-state index in [4.69, 9.17) is 10.5 Å². The molecule has 0 saturated heterocycles. The van der Waals surface area contributed by atoms with Gasteiger partial charge in [-0.15, -0.1) is 0 Å². The molecule has 1 aromatic carbocycles. The summed E-state index contributed by atoms with van der Waals surface area (Å²) in [5.41, 5.74) is 5.63. The van der Waals surface area contributed by atoms with Gasteiger partial charge in [-0.25, -0.2) is 4.39 Å². The molecule has 0 aliphatic carbocycles. The van der Waals surface area contributed by atoms with Crippen molar-refractivity contribution in [1.29, 1.82) is 0 Å². The van der Waals surface area contributed by atoms with E-state index in [-0.39, 0.29) is 24.4 Å². The van der Waals surface area contributed by atoms with Crippen molar-refractivity contribution in [2.75, 3.05) is 17.7 Å². The third-order valence-electron chi connectivity index (χ3n) is 2.59. The van der Waals surface area contributed by atoms with Gasteiger partial charge in [-0.05, 0) is 31.5 Å². The molecule has 1 unspecified atom stereocenters. The molecule has 1 rings (SSSR count). The van der Waals surface area contributed by atoms with Crippen molar-refractivity contribution in [3.05, 3.63) is 24.0 Å². The Morgan fingerprint density at radius 1 is 1.43 bits per heavy atom. The number of carbonyl (C=O) groups is 1. The van der Waals surface area contributed by atoms with Gasteiger partial charge in [-0.3, -0.25) is 4.79 Å². The zero-order chi connectivity index (χ0) is 16.0. The first-order valence-corrected chi connectivity index (χ1v) is 6.23. The molecular formula is C13H16F4N2O2. The smallest absolute Gasteiger partial charge is 0.389 e. The summed E-state index contributed by atoms with van der Waals surface area (Å²) in [6.45, 7) is 1.15. The van der Waals surface area contributed by atoms with Crippen LogP contribution in [0.15, 0.2) is 18.2 Å². The van der Waals surface area contributed by atoms with Crippen molar-refractivity contribution in [2.24, 2.45) is 0 Å². The molecule has 1 atom stereocenters. The highest BCUT2D eigenvalue weighted by Gasteiger charge is 2.26. The lowest BCUT2D eigenvalue weighted by atomic mass is 10.2. The van der Waals surface area contributed by atoms with Gasteiger partial charge in [0.05, 0.1) is 5.69 Å². The zero-order valence-electron chi connectivity index (χ0n) is 11.3. The van der Waals surface area contributed by atoms with Crippen LogP contribution in [0.5, 0.6) is 0 Å². The Labute approximate surface area is 119 Å². The molecule has 118 valence electrons. The van der Waals surface area contributed by atoms with Crippen LogP contribution in [0.2, 0.25) is 0 Å². The van der Waals surface area contributed by atoms with E-state index in [1.54, 1.807) is 0 Å². The normalized spacial score (nSPS) is 13.0. The van der Waals surface area contributed by atoms with Crippen molar-refractivity contribution in [3.63, 3.8) is 0 Å². The Bertz CT molecular complexity index is 492. The Morgan fingerprint density at radius 3 is 2.71 bits per heavy atom. The summed E-state index contributed by atoms with van der Waals surface area (Å²) >= 11 is 0. The summed E-state index contributed by atoms with van der Waals surface area (Å²) < 4.78 is 54.1. The lowest BCUT2D eigenvalue weighted by Gasteiger charge is -2.14. The third kappa shape index (κ3) is 6.44. The van der Waals surface area contributed by atoms with Gasteiger partial charge in [0.25, 0.3) is 5.91 Å². The van der Waals surface area contributed by atoms with E-state index in [1.807, 2.05) is 0 Å². The topological polar surface area (TPSA) is 64.3 Å². The Kier molecular flexibility index (Phi) is 5.95. The quantitative estimate of drug-likeness (QED) is 0.482. The molecule has 4 nitrogen and oxygen atoms in total. The van der Waals surface area contributed by atoms with E-state index in [2.05, 4.69) is 5.32 Å². The number of hydrogen-bond acceptors (Lipinski definition) is 3. The highest BCUT2D eigenvalue weighted by atomic mass is 19.4. The summed E-state index contributed by atoms with van der Waals surface area (Å²) in [7, 11) is 0. The maximum Gasteiger partial charge on any atom is 0.389 e. The van der Waals surface area contributed by atoms with Gasteiger partial charge in [0.2, 0.25) is 0 Å².